The molecule has 0 aliphatic carbocycles. The Bertz CT molecular complexity index is 625. The van der Waals surface area contributed by atoms with Crippen LogP contribution in [-0.2, 0) is 11.2 Å². The average Bonchev–Trinajstić information content (AvgIpc) is 2.89. The second-order valence-electron chi connectivity index (χ2n) is 4.68. The number of halogens is 1. The molecule has 1 heterocycles. The Balaban J connectivity index is 0.00000220. The van der Waals surface area contributed by atoms with Crippen molar-refractivity contribution < 1.29 is 9.32 Å². The summed E-state index contributed by atoms with van der Waals surface area (Å²) in [6.07, 6.45) is 0.712. The topological polar surface area (TPSA) is 94.0 Å². The fraction of sp³-hybridized carbons (Fsp3) is 0.357. The van der Waals surface area contributed by atoms with Crippen molar-refractivity contribution in [1.29, 1.82) is 0 Å². The molecule has 114 valence electrons. The second kappa shape index (κ2) is 7.19. The van der Waals surface area contributed by atoms with E-state index in [2.05, 4.69) is 15.5 Å². The van der Waals surface area contributed by atoms with Gasteiger partial charge in [-0.25, -0.2) is 0 Å². The van der Waals surface area contributed by atoms with Crippen LogP contribution in [-0.4, -0.2) is 22.1 Å². The van der Waals surface area contributed by atoms with Crippen LogP contribution in [0.1, 0.15) is 25.2 Å². The molecule has 1 atom stereocenters. The summed E-state index contributed by atoms with van der Waals surface area (Å²) in [4.78, 5) is 15.9. The summed E-state index contributed by atoms with van der Waals surface area (Å²) in [5, 5.41) is 6.65. The van der Waals surface area contributed by atoms with Gasteiger partial charge < -0.3 is 15.6 Å². The Morgan fingerprint density at radius 2 is 2.19 bits per heavy atom. The van der Waals surface area contributed by atoms with Crippen molar-refractivity contribution in [3.8, 4) is 11.5 Å². The molecule has 2 aromatic rings. The van der Waals surface area contributed by atoms with E-state index in [1.54, 1.807) is 6.92 Å². The summed E-state index contributed by atoms with van der Waals surface area (Å²) < 4.78 is 5.19. The van der Waals surface area contributed by atoms with Crippen LogP contribution in [0.4, 0.5) is 5.69 Å². The van der Waals surface area contributed by atoms with Gasteiger partial charge >= 0.3 is 0 Å². The molecule has 0 radical (unpaired) electrons. The molecule has 0 spiro atoms. The fourth-order valence-electron chi connectivity index (χ4n) is 1.65. The molecular weight excluding hydrogens is 292 g/mol. The van der Waals surface area contributed by atoms with E-state index >= 15 is 0 Å². The van der Waals surface area contributed by atoms with E-state index in [-0.39, 0.29) is 18.3 Å². The van der Waals surface area contributed by atoms with Gasteiger partial charge in [-0.3, -0.25) is 4.79 Å². The zero-order chi connectivity index (χ0) is 14.7. The van der Waals surface area contributed by atoms with Gasteiger partial charge in [0, 0.05) is 17.7 Å². The van der Waals surface area contributed by atoms with Crippen LogP contribution in [0.3, 0.4) is 0 Å². The van der Waals surface area contributed by atoms with Gasteiger partial charge in [0.25, 0.3) is 5.89 Å². The summed E-state index contributed by atoms with van der Waals surface area (Å²) in [6, 6.07) is 5.02. The Labute approximate surface area is 129 Å². The predicted octanol–water partition coefficient (Wildman–Crippen LogP) is 2.31. The molecule has 2 rings (SSSR count). The second-order valence-corrected chi connectivity index (χ2v) is 4.68. The lowest BCUT2D eigenvalue weighted by Crippen LogP contribution is -2.32. The molecule has 1 aromatic carbocycles. The van der Waals surface area contributed by atoms with E-state index in [0.717, 1.165) is 11.1 Å². The maximum Gasteiger partial charge on any atom is 0.257 e. The highest BCUT2D eigenvalue weighted by Gasteiger charge is 2.12. The molecule has 21 heavy (non-hydrogen) atoms. The molecule has 0 aliphatic rings. The van der Waals surface area contributed by atoms with Gasteiger partial charge in [0.05, 0.1) is 6.04 Å². The van der Waals surface area contributed by atoms with E-state index in [1.807, 2.05) is 32.0 Å². The average molecular weight is 311 g/mol. The quantitative estimate of drug-likeness (QED) is 0.903. The number of carbonyl (C=O) groups excluding carboxylic acids is 1. The van der Waals surface area contributed by atoms with Crippen molar-refractivity contribution in [1.82, 2.24) is 10.1 Å². The monoisotopic (exact) mass is 310 g/mol. The molecular formula is C14H19ClN4O2. The molecule has 0 saturated carbocycles. The van der Waals surface area contributed by atoms with E-state index in [0.29, 0.717) is 23.8 Å². The molecule has 0 fully saturated rings. The molecule has 0 saturated heterocycles. The smallest absolute Gasteiger partial charge is 0.257 e. The third-order valence-corrected chi connectivity index (χ3v) is 2.94. The van der Waals surface area contributed by atoms with Crippen molar-refractivity contribution >= 4 is 24.0 Å². The zero-order valence-electron chi connectivity index (χ0n) is 12.2. The van der Waals surface area contributed by atoms with Crippen LogP contribution >= 0.6 is 12.4 Å². The SMILES string of the molecule is CCc1noc(-c2ccc(C)c(NC(=O)[C@H](C)N)c2)n1.Cl. The first-order chi connectivity index (χ1) is 9.51. The van der Waals surface area contributed by atoms with E-state index < -0.39 is 6.04 Å². The van der Waals surface area contributed by atoms with Crippen molar-refractivity contribution in [2.45, 2.75) is 33.2 Å². The van der Waals surface area contributed by atoms with E-state index in [9.17, 15) is 4.79 Å². The van der Waals surface area contributed by atoms with Crippen LogP contribution in [0, 0.1) is 6.92 Å². The predicted molar refractivity (Wildman–Crippen MR) is 83.4 cm³/mol. The number of nitrogens with zero attached hydrogens (tertiary/aromatic N) is 2. The molecule has 6 nitrogen and oxygen atoms in total. The van der Waals surface area contributed by atoms with Crippen LogP contribution < -0.4 is 11.1 Å². The van der Waals surface area contributed by atoms with Crippen molar-refractivity contribution in [3.63, 3.8) is 0 Å². The third-order valence-electron chi connectivity index (χ3n) is 2.94. The number of carbonyl (C=O) groups is 1. The lowest BCUT2D eigenvalue weighted by Gasteiger charge is -2.11. The third kappa shape index (κ3) is 4.03. The standard InChI is InChI=1S/C14H18N4O2.ClH/c1-4-12-17-14(20-18-12)10-6-5-8(2)11(7-10)16-13(19)9(3)15;/h5-7,9H,4,15H2,1-3H3,(H,16,19);1H/t9-;/m0./s1. The van der Waals surface area contributed by atoms with Crippen LogP contribution in [0.2, 0.25) is 0 Å². The summed E-state index contributed by atoms with van der Waals surface area (Å²) in [7, 11) is 0. The van der Waals surface area contributed by atoms with Crippen molar-refractivity contribution in [2.75, 3.05) is 5.32 Å². The Morgan fingerprint density at radius 3 is 2.76 bits per heavy atom. The molecule has 0 bridgehead atoms. The lowest BCUT2D eigenvalue weighted by molar-refractivity contribution is -0.117. The number of nitrogens with two attached hydrogens (primary N) is 1. The minimum Gasteiger partial charge on any atom is -0.334 e. The first-order valence-corrected chi connectivity index (χ1v) is 6.51. The maximum atomic E-state index is 11.7. The molecule has 0 unspecified atom stereocenters. The number of benzene rings is 1. The van der Waals surface area contributed by atoms with Crippen LogP contribution in [0.25, 0.3) is 11.5 Å². The number of hydrogen-bond acceptors (Lipinski definition) is 5. The van der Waals surface area contributed by atoms with Gasteiger partial charge in [0.15, 0.2) is 5.82 Å². The molecule has 3 N–H and O–H groups in total. The van der Waals surface area contributed by atoms with Crippen LogP contribution in [0.15, 0.2) is 22.7 Å². The highest BCUT2D eigenvalue weighted by molar-refractivity contribution is 5.95. The van der Waals surface area contributed by atoms with Gasteiger partial charge in [-0.05, 0) is 31.5 Å². The minimum atomic E-state index is -0.562. The summed E-state index contributed by atoms with van der Waals surface area (Å²) in [5.74, 6) is 0.866. The number of nitrogens with one attached hydrogen (secondary N) is 1. The van der Waals surface area contributed by atoms with Crippen molar-refractivity contribution in [3.05, 3.63) is 29.6 Å². The Morgan fingerprint density at radius 1 is 1.48 bits per heavy atom. The first kappa shape index (κ1) is 17.1. The van der Waals surface area contributed by atoms with Crippen LogP contribution in [0.5, 0.6) is 0 Å². The Hall–Kier alpha value is -1.92. The van der Waals surface area contributed by atoms with Gasteiger partial charge in [-0.1, -0.05) is 18.1 Å². The van der Waals surface area contributed by atoms with Gasteiger partial charge in [-0.15, -0.1) is 12.4 Å². The minimum absolute atomic E-state index is 0. The molecule has 1 amide bonds. The number of amides is 1. The van der Waals surface area contributed by atoms with Gasteiger partial charge in [0.1, 0.15) is 0 Å². The molecule has 0 aliphatic heterocycles. The zero-order valence-corrected chi connectivity index (χ0v) is 13.0. The number of aromatic nitrogens is 2. The maximum absolute atomic E-state index is 11.7. The number of anilines is 1. The number of aryl methyl sites for hydroxylation is 2. The first-order valence-electron chi connectivity index (χ1n) is 6.51. The van der Waals surface area contributed by atoms with Gasteiger partial charge in [0.2, 0.25) is 5.91 Å². The summed E-state index contributed by atoms with van der Waals surface area (Å²) in [6.45, 7) is 5.50. The van der Waals surface area contributed by atoms with E-state index in [1.165, 1.54) is 0 Å². The molecule has 1 aromatic heterocycles. The largest absolute Gasteiger partial charge is 0.334 e. The summed E-state index contributed by atoms with van der Waals surface area (Å²) >= 11 is 0. The lowest BCUT2D eigenvalue weighted by atomic mass is 10.1. The number of rotatable bonds is 4. The highest BCUT2D eigenvalue weighted by Crippen LogP contribution is 2.24. The molecule has 7 heteroatoms. The normalized spacial score (nSPS) is 11.6. The fourth-order valence-corrected chi connectivity index (χ4v) is 1.65. The van der Waals surface area contributed by atoms with E-state index in [4.69, 9.17) is 10.3 Å². The highest BCUT2D eigenvalue weighted by atomic mass is 35.5. The Kier molecular flexibility index (Phi) is 5.87. The van der Waals surface area contributed by atoms with Crippen molar-refractivity contribution in [2.24, 2.45) is 5.73 Å². The summed E-state index contributed by atoms with van der Waals surface area (Å²) in [5.41, 5.74) is 7.96. The number of hydrogen-bond donors (Lipinski definition) is 2. The van der Waals surface area contributed by atoms with Gasteiger partial charge in [-0.2, -0.15) is 4.98 Å².